The molecule has 2 N–H and O–H groups in total. The van der Waals surface area contributed by atoms with Gasteiger partial charge < -0.3 is 10.6 Å². The standard InChI is InChI=1S/C16H20N4O/c1-4-8-17-16(21)14-9-15(19-10-18-14)20-13-7-5-6-11(2)12(13)3/h5-7,9-10H,4,8H2,1-3H3,(H,17,21)(H,18,19,20). The maximum absolute atomic E-state index is 11.9. The molecule has 0 radical (unpaired) electrons. The Bertz CT molecular complexity index is 640. The second-order valence-corrected chi connectivity index (χ2v) is 4.92. The highest BCUT2D eigenvalue weighted by molar-refractivity contribution is 5.92. The Balaban J connectivity index is 2.18. The summed E-state index contributed by atoms with van der Waals surface area (Å²) in [6, 6.07) is 7.69. The number of amides is 1. The molecule has 0 saturated heterocycles. The molecule has 5 nitrogen and oxygen atoms in total. The van der Waals surface area contributed by atoms with Crippen LogP contribution in [-0.2, 0) is 0 Å². The summed E-state index contributed by atoms with van der Waals surface area (Å²) in [6.07, 6.45) is 2.29. The highest BCUT2D eigenvalue weighted by atomic mass is 16.1. The molecule has 0 saturated carbocycles. The first-order valence-electron chi connectivity index (χ1n) is 7.05. The fraction of sp³-hybridized carbons (Fsp3) is 0.312. The van der Waals surface area contributed by atoms with E-state index in [1.54, 1.807) is 6.07 Å². The van der Waals surface area contributed by atoms with Gasteiger partial charge in [-0.3, -0.25) is 4.79 Å². The zero-order chi connectivity index (χ0) is 15.2. The lowest BCUT2D eigenvalue weighted by molar-refractivity contribution is 0.0948. The van der Waals surface area contributed by atoms with Gasteiger partial charge in [0.25, 0.3) is 5.91 Å². The number of carbonyl (C=O) groups is 1. The molecule has 0 aliphatic heterocycles. The maximum Gasteiger partial charge on any atom is 0.270 e. The number of hydrogen-bond acceptors (Lipinski definition) is 4. The Morgan fingerprint density at radius 3 is 2.81 bits per heavy atom. The lowest BCUT2D eigenvalue weighted by atomic mass is 10.1. The monoisotopic (exact) mass is 284 g/mol. The molecule has 0 spiro atoms. The molecule has 110 valence electrons. The molecule has 2 aromatic rings. The first-order chi connectivity index (χ1) is 10.1. The molecule has 21 heavy (non-hydrogen) atoms. The van der Waals surface area contributed by atoms with Crippen molar-refractivity contribution in [1.82, 2.24) is 15.3 Å². The van der Waals surface area contributed by atoms with Crippen LogP contribution in [0.15, 0.2) is 30.6 Å². The van der Waals surface area contributed by atoms with Crippen molar-refractivity contribution in [2.75, 3.05) is 11.9 Å². The number of carbonyl (C=O) groups excluding carboxylic acids is 1. The van der Waals surface area contributed by atoms with Crippen molar-refractivity contribution in [3.63, 3.8) is 0 Å². The van der Waals surface area contributed by atoms with Gasteiger partial charge in [0.15, 0.2) is 0 Å². The van der Waals surface area contributed by atoms with E-state index in [1.807, 2.05) is 26.0 Å². The predicted octanol–water partition coefficient (Wildman–Crippen LogP) is 2.98. The van der Waals surface area contributed by atoms with Crippen molar-refractivity contribution in [3.05, 3.63) is 47.4 Å². The molecule has 0 atom stereocenters. The van der Waals surface area contributed by atoms with Gasteiger partial charge in [-0.2, -0.15) is 0 Å². The number of hydrogen-bond donors (Lipinski definition) is 2. The molecule has 0 aliphatic rings. The summed E-state index contributed by atoms with van der Waals surface area (Å²) in [5.41, 5.74) is 3.71. The van der Waals surface area contributed by atoms with E-state index < -0.39 is 0 Å². The van der Waals surface area contributed by atoms with Gasteiger partial charge in [0.05, 0.1) is 0 Å². The SMILES string of the molecule is CCCNC(=O)c1cc(Nc2cccc(C)c2C)ncn1. The molecular formula is C16H20N4O. The minimum atomic E-state index is -0.178. The van der Waals surface area contributed by atoms with E-state index in [9.17, 15) is 4.79 Å². The van der Waals surface area contributed by atoms with Crippen LogP contribution in [0.3, 0.4) is 0 Å². The zero-order valence-electron chi connectivity index (χ0n) is 12.6. The summed E-state index contributed by atoms with van der Waals surface area (Å²) in [5, 5.41) is 6.04. The van der Waals surface area contributed by atoms with E-state index in [0.717, 1.165) is 17.7 Å². The number of anilines is 2. The molecule has 0 unspecified atom stereocenters. The zero-order valence-corrected chi connectivity index (χ0v) is 12.6. The molecule has 5 heteroatoms. The minimum absolute atomic E-state index is 0.178. The van der Waals surface area contributed by atoms with E-state index >= 15 is 0 Å². The smallest absolute Gasteiger partial charge is 0.270 e. The van der Waals surface area contributed by atoms with Crippen LogP contribution in [0.1, 0.15) is 35.0 Å². The van der Waals surface area contributed by atoms with Gasteiger partial charge in [-0.1, -0.05) is 19.1 Å². The van der Waals surface area contributed by atoms with Crippen molar-refractivity contribution in [3.8, 4) is 0 Å². The normalized spacial score (nSPS) is 10.2. The van der Waals surface area contributed by atoms with Gasteiger partial charge in [-0.15, -0.1) is 0 Å². The second kappa shape index (κ2) is 6.83. The number of rotatable bonds is 5. The second-order valence-electron chi connectivity index (χ2n) is 4.92. The molecule has 0 aliphatic carbocycles. The van der Waals surface area contributed by atoms with E-state index in [0.29, 0.717) is 18.1 Å². The maximum atomic E-state index is 11.9. The van der Waals surface area contributed by atoms with E-state index in [4.69, 9.17) is 0 Å². The summed E-state index contributed by atoms with van der Waals surface area (Å²) < 4.78 is 0. The summed E-state index contributed by atoms with van der Waals surface area (Å²) >= 11 is 0. The van der Waals surface area contributed by atoms with Crippen molar-refractivity contribution < 1.29 is 4.79 Å². The largest absolute Gasteiger partial charge is 0.351 e. The fourth-order valence-corrected chi connectivity index (χ4v) is 1.90. The molecular weight excluding hydrogens is 264 g/mol. The minimum Gasteiger partial charge on any atom is -0.351 e. The summed E-state index contributed by atoms with van der Waals surface area (Å²) in [5.74, 6) is 0.434. The van der Waals surface area contributed by atoms with Gasteiger partial charge in [0.2, 0.25) is 0 Å². The van der Waals surface area contributed by atoms with Gasteiger partial charge >= 0.3 is 0 Å². The Labute approximate surface area is 124 Å². The quantitative estimate of drug-likeness (QED) is 0.885. The van der Waals surface area contributed by atoms with Crippen LogP contribution >= 0.6 is 0 Å². The third kappa shape index (κ3) is 3.78. The molecule has 0 fully saturated rings. The van der Waals surface area contributed by atoms with Gasteiger partial charge in [0, 0.05) is 18.3 Å². The molecule has 2 rings (SSSR count). The first-order valence-corrected chi connectivity index (χ1v) is 7.05. The Morgan fingerprint density at radius 2 is 2.05 bits per heavy atom. The van der Waals surface area contributed by atoms with Crippen molar-refractivity contribution in [2.45, 2.75) is 27.2 Å². The topological polar surface area (TPSA) is 66.9 Å². The van der Waals surface area contributed by atoms with Crippen molar-refractivity contribution in [1.29, 1.82) is 0 Å². The summed E-state index contributed by atoms with van der Waals surface area (Å²) in [7, 11) is 0. The molecule has 1 aromatic heterocycles. The average Bonchev–Trinajstić information content (AvgIpc) is 2.50. The lowest BCUT2D eigenvalue weighted by Gasteiger charge is -2.11. The van der Waals surface area contributed by atoms with E-state index in [1.165, 1.54) is 11.9 Å². The average molecular weight is 284 g/mol. The Hall–Kier alpha value is -2.43. The first kappa shape index (κ1) is 15.0. The highest BCUT2D eigenvalue weighted by Crippen LogP contribution is 2.21. The highest BCUT2D eigenvalue weighted by Gasteiger charge is 2.08. The van der Waals surface area contributed by atoms with Crippen LogP contribution in [0, 0.1) is 13.8 Å². The predicted molar refractivity (Wildman–Crippen MR) is 83.9 cm³/mol. The Morgan fingerprint density at radius 1 is 1.24 bits per heavy atom. The number of nitrogens with zero attached hydrogens (tertiary/aromatic N) is 2. The molecule has 0 bridgehead atoms. The summed E-state index contributed by atoms with van der Waals surface area (Å²) in [6.45, 7) is 6.76. The van der Waals surface area contributed by atoms with Crippen molar-refractivity contribution >= 4 is 17.4 Å². The molecule has 1 heterocycles. The van der Waals surface area contributed by atoms with E-state index in [-0.39, 0.29) is 5.91 Å². The van der Waals surface area contributed by atoms with Gasteiger partial charge in [-0.25, -0.2) is 9.97 Å². The number of aryl methyl sites for hydroxylation is 1. The molecule has 1 aromatic carbocycles. The van der Waals surface area contributed by atoms with Gasteiger partial charge in [0.1, 0.15) is 17.8 Å². The number of benzene rings is 1. The fourth-order valence-electron chi connectivity index (χ4n) is 1.90. The van der Waals surface area contributed by atoms with Crippen LogP contribution < -0.4 is 10.6 Å². The van der Waals surface area contributed by atoms with Crippen LogP contribution in [0.2, 0.25) is 0 Å². The number of nitrogens with one attached hydrogen (secondary N) is 2. The lowest BCUT2D eigenvalue weighted by Crippen LogP contribution is -2.25. The van der Waals surface area contributed by atoms with Crippen LogP contribution in [0.4, 0.5) is 11.5 Å². The summed E-state index contributed by atoms with van der Waals surface area (Å²) in [4.78, 5) is 20.1. The number of aromatic nitrogens is 2. The third-order valence-corrected chi connectivity index (χ3v) is 3.30. The van der Waals surface area contributed by atoms with Crippen LogP contribution in [-0.4, -0.2) is 22.4 Å². The van der Waals surface area contributed by atoms with Crippen LogP contribution in [0.25, 0.3) is 0 Å². The van der Waals surface area contributed by atoms with Crippen molar-refractivity contribution in [2.24, 2.45) is 0 Å². The third-order valence-electron chi connectivity index (χ3n) is 3.30. The van der Waals surface area contributed by atoms with Gasteiger partial charge in [-0.05, 0) is 37.5 Å². The van der Waals surface area contributed by atoms with E-state index in [2.05, 4.69) is 33.6 Å². The molecule has 1 amide bonds. The van der Waals surface area contributed by atoms with Crippen LogP contribution in [0.5, 0.6) is 0 Å². The Kier molecular flexibility index (Phi) is 4.87.